The van der Waals surface area contributed by atoms with Crippen molar-refractivity contribution < 1.29 is 19.1 Å². The first-order valence-corrected chi connectivity index (χ1v) is 8.86. The van der Waals surface area contributed by atoms with E-state index in [1.807, 2.05) is 6.92 Å². The summed E-state index contributed by atoms with van der Waals surface area (Å²) in [5.74, 6) is 0. The Kier molecular flexibility index (Phi) is 6.72. The minimum Gasteiger partial charge on any atom is -0.444 e. The number of amides is 2. The Balaban J connectivity index is 1.53. The molecule has 0 saturated carbocycles. The van der Waals surface area contributed by atoms with E-state index >= 15 is 0 Å². The Morgan fingerprint density at radius 1 is 0.793 bits per heavy atom. The van der Waals surface area contributed by atoms with Crippen LogP contribution in [0.4, 0.5) is 21.0 Å². The van der Waals surface area contributed by atoms with Crippen LogP contribution in [0.3, 0.4) is 0 Å². The molecule has 0 fully saturated rings. The average Bonchev–Trinajstić information content (AvgIpc) is 2.75. The van der Waals surface area contributed by atoms with Gasteiger partial charge in [-0.05, 0) is 60.0 Å². The Hall–Kier alpha value is -3.94. The third kappa shape index (κ3) is 6.31. The smallest absolute Gasteiger partial charge is 0.411 e. The highest BCUT2D eigenvalue weighted by Gasteiger charge is 2.09. The van der Waals surface area contributed by atoms with Crippen LogP contribution in [0.25, 0.3) is 0 Å². The zero-order valence-electron chi connectivity index (χ0n) is 15.8. The zero-order chi connectivity index (χ0) is 20.5. The van der Waals surface area contributed by atoms with Crippen LogP contribution in [0.5, 0.6) is 0 Å². The Bertz CT molecular complexity index is 965. The Morgan fingerprint density at radius 3 is 1.86 bits per heavy atom. The van der Waals surface area contributed by atoms with Gasteiger partial charge in [0.15, 0.2) is 0 Å². The highest BCUT2D eigenvalue weighted by molar-refractivity contribution is 5.89. The number of nitrogens with one attached hydrogen (secondary N) is 2. The molecule has 2 N–H and O–H groups in total. The second-order valence-corrected chi connectivity index (χ2v) is 6.14. The van der Waals surface area contributed by atoms with Crippen LogP contribution in [0.1, 0.15) is 16.7 Å². The average molecular weight is 392 g/mol. The van der Waals surface area contributed by atoms with Crippen molar-refractivity contribution in [1.29, 1.82) is 0 Å². The molecular weight excluding hydrogens is 372 g/mol. The van der Waals surface area contributed by atoms with Gasteiger partial charge in [-0.3, -0.25) is 20.6 Å². The number of benzene rings is 1. The van der Waals surface area contributed by atoms with Gasteiger partial charge < -0.3 is 9.47 Å². The maximum Gasteiger partial charge on any atom is 0.411 e. The molecule has 0 spiro atoms. The first-order chi connectivity index (χ1) is 14.1. The number of pyridine rings is 2. The lowest BCUT2D eigenvalue weighted by atomic mass is 10.2. The van der Waals surface area contributed by atoms with E-state index in [1.165, 1.54) is 0 Å². The van der Waals surface area contributed by atoms with Crippen LogP contribution in [0.2, 0.25) is 0 Å². The summed E-state index contributed by atoms with van der Waals surface area (Å²) in [5.41, 5.74) is 3.50. The van der Waals surface area contributed by atoms with E-state index in [0.717, 1.165) is 16.7 Å². The standard InChI is InChI=1S/C21H20N4O4/c1-15-2-3-18(24-20(26)28-13-16-4-8-22-9-5-16)12-19(15)25-21(27)29-14-17-6-10-23-11-7-17/h2-12H,13-14H2,1H3,(H,24,26)(H,25,27). The number of rotatable bonds is 6. The molecule has 29 heavy (non-hydrogen) atoms. The fourth-order valence-corrected chi connectivity index (χ4v) is 2.39. The van der Waals surface area contributed by atoms with Gasteiger partial charge in [0.2, 0.25) is 0 Å². The van der Waals surface area contributed by atoms with E-state index in [1.54, 1.807) is 67.3 Å². The summed E-state index contributed by atoms with van der Waals surface area (Å²) in [6, 6.07) is 12.2. The molecule has 0 unspecified atom stereocenters. The van der Waals surface area contributed by atoms with Crippen molar-refractivity contribution in [2.45, 2.75) is 20.1 Å². The molecule has 8 nitrogen and oxygen atoms in total. The Morgan fingerprint density at radius 2 is 1.31 bits per heavy atom. The number of aryl methyl sites for hydroxylation is 1. The number of carbonyl (C=O) groups is 2. The summed E-state index contributed by atoms with van der Waals surface area (Å²) in [6.07, 6.45) is 5.32. The van der Waals surface area contributed by atoms with E-state index in [2.05, 4.69) is 20.6 Å². The fraction of sp³-hybridized carbons (Fsp3) is 0.143. The molecule has 8 heteroatoms. The van der Waals surface area contributed by atoms with Crippen molar-refractivity contribution in [1.82, 2.24) is 9.97 Å². The van der Waals surface area contributed by atoms with Crippen LogP contribution < -0.4 is 10.6 Å². The monoisotopic (exact) mass is 392 g/mol. The van der Waals surface area contributed by atoms with Crippen molar-refractivity contribution in [2.24, 2.45) is 0 Å². The molecule has 2 amide bonds. The third-order valence-electron chi connectivity index (χ3n) is 3.96. The number of anilines is 2. The van der Waals surface area contributed by atoms with Gasteiger partial charge in [0.25, 0.3) is 0 Å². The van der Waals surface area contributed by atoms with Crippen molar-refractivity contribution in [3.8, 4) is 0 Å². The van der Waals surface area contributed by atoms with Crippen LogP contribution in [0.15, 0.2) is 67.3 Å². The van der Waals surface area contributed by atoms with Crippen LogP contribution in [-0.4, -0.2) is 22.2 Å². The third-order valence-corrected chi connectivity index (χ3v) is 3.96. The minimum absolute atomic E-state index is 0.132. The molecule has 3 aromatic rings. The highest BCUT2D eigenvalue weighted by atomic mass is 16.6. The second kappa shape index (κ2) is 9.84. The molecule has 0 atom stereocenters. The van der Waals surface area contributed by atoms with Crippen molar-refractivity contribution in [3.05, 3.63) is 83.9 Å². The summed E-state index contributed by atoms with van der Waals surface area (Å²) < 4.78 is 10.4. The van der Waals surface area contributed by atoms with Gasteiger partial charge in [-0.15, -0.1) is 0 Å². The quantitative estimate of drug-likeness (QED) is 0.649. The molecule has 0 radical (unpaired) electrons. The van der Waals surface area contributed by atoms with E-state index in [9.17, 15) is 9.59 Å². The van der Waals surface area contributed by atoms with Gasteiger partial charge in [0.1, 0.15) is 13.2 Å². The van der Waals surface area contributed by atoms with Gasteiger partial charge in [-0.2, -0.15) is 0 Å². The van der Waals surface area contributed by atoms with Gasteiger partial charge in [0, 0.05) is 36.2 Å². The van der Waals surface area contributed by atoms with Crippen LogP contribution in [-0.2, 0) is 22.7 Å². The molecule has 2 heterocycles. The molecule has 2 aromatic heterocycles. The molecular formula is C21H20N4O4. The zero-order valence-corrected chi connectivity index (χ0v) is 15.8. The maximum atomic E-state index is 12.1. The number of carbonyl (C=O) groups excluding carboxylic acids is 2. The first kappa shape index (κ1) is 19.8. The summed E-state index contributed by atoms with van der Waals surface area (Å²) in [4.78, 5) is 31.9. The van der Waals surface area contributed by atoms with E-state index in [0.29, 0.717) is 11.4 Å². The minimum atomic E-state index is -0.600. The predicted molar refractivity (Wildman–Crippen MR) is 107 cm³/mol. The van der Waals surface area contributed by atoms with Gasteiger partial charge in [-0.1, -0.05) is 6.07 Å². The molecule has 0 aliphatic carbocycles. The van der Waals surface area contributed by atoms with Crippen molar-refractivity contribution >= 4 is 23.6 Å². The molecule has 0 saturated heterocycles. The summed E-state index contributed by atoms with van der Waals surface area (Å²) >= 11 is 0. The largest absolute Gasteiger partial charge is 0.444 e. The number of hydrogen-bond donors (Lipinski definition) is 2. The molecule has 148 valence electrons. The number of nitrogens with zero attached hydrogens (tertiary/aromatic N) is 2. The van der Waals surface area contributed by atoms with Gasteiger partial charge in [0.05, 0.1) is 0 Å². The summed E-state index contributed by atoms with van der Waals surface area (Å²) in [5, 5.41) is 5.31. The second-order valence-electron chi connectivity index (χ2n) is 6.14. The highest BCUT2D eigenvalue weighted by Crippen LogP contribution is 2.21. The molecule has 0 aliphatic heterocycles. The van der Waals surface area contributed by atoms with Gasteiger partial charge >= 0.3 is 12.2 Å². The summed E-state index contributed by atoms with van der Waals surface area (Å²) in [7, 11) is 0. The molecule has 0 bridgehead atoms. The first-order valence-electron chi connectivity index (χ1n) is 8.86. The SMILES string of the molecule is Cc1ccc(NC(=O)OCc2ccncc2)cc1NC(=O)OCc1ccncc1. The lowest BCUT2D eigenvalue weighted by molar-refractivity contribution is 0.154. The number of ether oxygens (including phenoxy) is 2. The normalized spacial score (nSPS) is 10.1. The van der Waals surface area contributed by atoms with Gasteiger partial charge in [-0.25, -0.2) is 9.59 Å². The lowest BCUT2D eigenvalue weighted by Gasteiger charge is -2.12. The molecule has 1 aromatic carbocycles. The number of hydrogen-bond acceptors (Lipinski definition) is 6. The van der Waals surface area contributed by atoms with Crippen molar-refractivity contribution in [2.75, 3.05) is 10.6 Å². The van der Waals surface area contributed by atoms with E-state index in [-0.39, 0.29) is 13.2 Å². The lowest BCUT2D eigenvalue weighted by Crippen LogP contribution is -2.16. The fourth-order valence-electron chi connectivity index (χ4n) is 2.39. The molecule has 3 rings (SSSR count). The van der Waals surface area contributed by atoms with E-state index < -0.39 is 12.2 Å². The predicted octanol–water partition coefficient (Wildman–Crippen LogP) is 4.28. The Labute approximate surface area is 167 Å². The van der Waals surface area contributed by atoms with Crippen LogP contribution in [0, 0.1) is 6.92 Å². The molecule has 0 aliphatic rings. The van der Waals surface area contributed by atoms with E-state index in [4.69, 9.17) is 9.47 Å². The topological polar surface area (TPSA) is 102 Å². The number of aromatic nitrogens is 2. The summed E-state index contributed by atoms with van der Waals surface area (Å²) in [6.45, 7) is 2.10. The van der Waals surface area contributed by atoms with Crippen LogP contribution >= 0.6 is 0 Å². The maximum absolute atomic E-state index is 12.1. The van der Waals surface area contributed by atoms with Crippen molar-refractivity contribution in [3.63, 3.8) is 0 Å².